The molecule has 78 valence electrons. The summed E-state index contributed by atoms with van der Waals surface area (Å²) in [5.74, 6) is -0.313. The van der Waals surface area contributed by atoms with Gasteiger partial charge < -0.3 is 4.98 Å². The van der Waals surface area contributed by atoms with E-state index >= 15 is 0 Å². The summed E-state index contributed by atoms with van der Waals surface area (Å²) < 4.78 is 13.0. The Kier molecular flexibility index (Phi) is 1.96. The maximum absolute atomic E-state index is 13.0. The molecule has 3 aromatic rings. The van der Waals surface area contributed by atoms with Gasteiger partial charge in [-0.15, -0.1) is 0 Å². The maximum Gasteiger partial charge on any atom is 0.142 e. The summed E-state index contributed by atoms with van der Waals surface area (Å²) in [7, 11) is 0. The van der Waals surface area contributed by atoms with Gasteiger partial charge in [0.1, 0.15) is 5.82 Å². The molecular formula is C13H9FN2. The highest BCUT2D eigenvalue weighted by atomic mass is 19.1. The van der Waals surface area contributed by atoms with Gasteiger partial charge in [0, 0.05) is 23.5 Å². The molecule has 3 heteroatoms. The van der Waals surface area contributed by atoms with Crippen LogP contribution in [0.1, 0.15) is 0 Å². The van der Waals surface area contributed by atoms with Gasteiger partial charge in [-0.2, -0.15) is 0 Å². The van der Waals surface area contributed by atoms with Crippen molar-refractivity contribution in [2.75, 3.05) is 0 Å². The zero-order chi connectivity index (χ0) is 11.0. The van der Waals surface area contributed by atoms with Gasteiger partial charge >= 0.3 is 0 Å². The first kappa shape index (κ1) is 9.09. The number of H-pyrrole nitrogens is 1. The third-order valence-corrected chi connectivity index (χ3v) is 2.59. The van der Waals surface area contributed by atoms with Crippen LogP contribution in [0, 0.1) is 5.82 Å². The molecule has 0 aliphatic carbocycles. The van der Waals surface area contributed by atoms with Crippen molar-refractivity contribution in [3.63, 3.8) is 0 Å². The first-order valence-electron chi connectivity index (χ1n) is 5.01. The normalized spacial score (nSPS) is 10.8. The molecule has 0 fully saturated rings. The Balaban J connectivity index is 2.18. The molecule has 0 radical (unpaired) electrons. The molecule has 0 saturated carbocycles. The van der Waals surface area contributed by atoms with Gasteiger partial charge in [-0.1, -0.05) is 6.07 Å². The number of aromatic amines is 1. The van der Waals surface area contributed by atoms with Gasteiger partial charge in [0.15, 0.2) is 0 Å². The molecule has 16 heavy (non-hydrogen) atoms. The lowest BCUT2D eigenvalue weighted by Gasteiger charge is -2.01. The van der Waals surface area contributed by atoms with E-state index in [1.807, 2.05) is 30.5 Å². The molecule has 0 bridgehead atoms. The van der Waals surface area contributed by atoms with Crippen LogP contribution in [0.25, 0.3) is 22.0 Å². The van der Waals surface area contributed by atoms with Crippen LogP contribution in [0.5, 0.6) is 0 Å². The van der Waals surface area contributed by atoms with Crippen LogP contribution in [-0.2, 0) is 0 Å². The van der Waals surface area contributed by atoms with Crippen molar-refractivity contribution < 1.29 is 4.39 Å². The highest BCUT2D eigenvalue weighted by Crippen LogP contribution is 2.23. The van der Waals surface area contributed by atoms with E-state index in [1.54, 1.807) is 6.20 Å². The molecular weight excluding hydrogens is 203 g/mol. The average molecular weight is 212 g/mol. The standard InChI is InChI=1S/C13H9FN2/c14-12-6-11(7-15-8-12)9-1-2-13-10(5-9)3-4-16-13/h1-8,16H. The molecule has 0 atom stereocenters. The molecule has 0 amide bonds. The number of aromatic nitrogens is 2. The first-order valence-corrected chi connectivity index (χ1v) is 5.01. The summed E-state index contributed by atoms with van der Waals surface area (Å²) >= 11 is 0. The molecule has 3 rings (SSSR count). The zero-order valence-corrected chi connectivity index (χ0v) is 8.44. The minimum atomic E-state index is -0.313. The fourth-order valence-electron chi connectivity index (χ4n) is 1.80. The second-order valence-electron chi connectivity index (χ2n) is 3.67. The van der Waals surface area contributed by atoms with Gasteiger partial charge in [-0.25, -0.2) is 4.39 Å². The molecule has 2 heterocycles. The van der Waals surface area contributed by atoms with Crippen LogP contribution >= 0.6 is 0 Å². The van der Waals surface area contributed by atoms with Gasteiger partial charge in [-0.3, -0.25) is 4.98 Å². The van der Waals surface area contributed by atoms with Crippen molar-refractivity contribution in [1.82, 2.24) is 9.97 Å². The molecule has 2 aromatic heterocycles. The van der Waals surface area contributed by atoms with Crippen molar-refractivity contribution in [2.24, 2.45) is 0 Å². The summed E-state index contributed by atoms with van der Waals surface area (Å²) in [6, 6.07) is 9.43. The Labute approximate surface area is 91.8 Å². The minimum absolute atomic E-state index is 0.313. The van der Waals surface area contributed by atoms with Crippen LogP contribution in [0.2, 0.25) is 0 Å². The lowest BCUT2D eigenvalue weighted by atomic mass is 10.1. The minimum Gasteiger partial charge on any atom is -0.361 e. The number of hydrogen-bond donors (Lipinski definition) is 1. The predicted molar refractivity (Wildman–Crippen MR) is 61.5 cm³/mol. The van der Waals surface area contributed by atoms with E-state index < -0.39 is 0 Å². The number of pyridine rings is 1. The van der Waals surface area contributed by atoms with E-state index in [4.69, 9.17) is 0 Å². The number of benzene rings is 1. The van der Waals surface area contributed by atoms with Crippen LogP contribution < -0.4 is 0 Å². The van der Waals surface area contributed by atoms with Crippen LogP contribution in [0.3, 0.4) is 0 Å². The zero-order valence-electron chi connectivity index (χ0n) is 8.44. The second-order valence-corrected chi connectivity index (χ2v) is 3.67. The Morgan fingerprint density at radius 3 is 2.81 bits per heavy atom. The van der Waals surface area contributed by atoms with Gasteiger partial charge in [-0.05, 0) is 35.2 Å². The van der Waals surface area contributed by atoms with Crippen LogP contribution in [0.15, 0.2) is 48.9 Å². The Hall–Kier alpha value is -2.16. The lowest BCUT2D eigenvalue weighted by molar-refractivity contribution is 0.622. The molecule has 1 N–H and O–H groups in total. The summed E-state index contributed by atoms with van der Waals surface area (Å²) in [5.41, 5.74) is 2.84. The topological polar surface area (TPSA) is 28.7 Å². The number of halogens is 1. The van der Waals surface area contributed by atoms with Crippen molar-refractivity contribution in [1.29, 1.82) is 0 Å². The highest BCUT2D eigenvalue weighted by Gasteiger charge is 2.01. The van der Waals surface area contributed by atoms with E-state index in [2.05, 4.69) is 9.97 Å². The van der Waals surface area contributed by atoms with E-state index in [0.29, 0.717) is 0 Å². The average Bonchev–Trinajstić information content (AvgIpc) is 2.75. The molecule has 0 unspecified atom stereocenters. The van der Waals surface area contributed by atoms with Crippen molar-refractivity contribution in [2.45, 2.75) is 0 Å². The molecule has 0 aliphatic rings. The van der Waals surface area contributed by atoms with Crippen molar-refractivity contribution in [3.05, 3.63) is 54.7 Å². The SMILES string of the molecule is Fc1cncc(-c2ccc3[nH]ccc3c2)c1. The van der Waals surface area contributed by atoms with Crippen LogP contribution in [-0.4, -0.2) is 9.97 Å². The summed E-state index contributed by atoms with van der Waals surface area (Å²) in [5, 5.41) is 1.11. The molecule has 2 nitrogen and oxygen atoms in total. The Bertz CT molecular complexity index is 643. The smallest absolute Gasteiger partial charge is 0.142 e. The lowest BCUT2D eigenvalue weighted by Crippen LogP contribution is -1.82. The number of rotatable bonds is 1. The van der Waals surface area contributed by atoms with Gasteiger partial charge in [0.25, 0.3) is 0 Å². The van der Waals surface area contributed by atoms with Crippen LogP contribution in [0.4, 0.5) is 4.39 Å². The van der Waals surface area contributed by atoms with E-state index in [1.165, 1.54) is 12.3 Å². The largest absolute Gasteiger partial charge is 0.361 e. The number of nitrogens with zero attached hydrogens (tertiary/aromatic N) is 1. The molecule has 0 saturated heterocycles. The summed E-state index contributed by atoms with van der Waals surface area (Å²) in [6.45, 7) is 0. The summed E-state index contributed by atoms with van der Waals surface area (Å²) in [6.07, 6.45) is 4.76. The first-order chi connectivity index (χ1) is 7.83. The molecule has 0 spiro atoms. The van der Waals surface area contributed by atoms with Gasteiger partial charge in [0.2, 0.25) is 0 Å². The number of nitrogens with one attached hydrogen (secondary N) is 1. The Morgan fingerprint density at radius 2 is 1.94 bits per heavy atom. The quantitative estimate of drug-likeness (QED) is 0.658. The fourth-order valence-corrected chi connectivity index (χ4v) is 1.80. The van der Waals surface area contributed by atoms with Gasteiger partial charge in [0.05, 0.1) is 6.20 Å². The molecule has 1 aromatic carbocycles. The molecule has 0 aliphatic heterocycles. The fraction of sp³-hybridized carbons (Fsp3) is 0. The third kappa shape index (κ3) is 1.46. The van der Waals surface area contributed by atoms with E-state index in [-0.39, 0.29) is 5.82 Å². The van der Waals surface area contributed by atoms with E-state index in [9.17, 15) is 4.39 Å². The van der Waals surface area contributed by atoms with Crippen molar-refractivity contribution >= 4 is 10.9 Å². The predicted octanol–water partition coefficient (Wildman–Crippen LogP) is 3.37. The maximum atomic E-state index is 13.0. The number of fused-ring (bicyclic) bond motifs is 1. The third-order valence-electron chi connectivity index (χ3n) is 2.59. The van der Waals surface area contributed by atoms with E-state index in [0.717, 1.165) is 22.0 Å². The highest BCUT2D eigenvalue weighted by molar-refractivity contribution is 5.84. The second kappa shape index (κ2) is 3.45. The number of hydrogen-bond acceptors (Lipinski definition) is 1. The summed E-state index contributed by atoms with van der Waals surface area (Å²) in [4.78, 5) is 6.97. The Morgan fingerprint density at radius 1 is 1.00 bits per heavy atom. The monoisotopic (exact) mass is 212 g/mol. The van der Waals surface area contributed by atoms with Crippen molar-refractivity contribution in [3.8, 4) is 11.1 Å².